The molecule has 0 unspecified atom stereocenters. The summed E-state index contributed by atoms with van der Waals surface area (Å²) in [5.41, 5.74) is 7.86. The first-order chi connectivity index (χ1) is 7.06. The van der Waals surface area contributed by atoms with E-state index in [9.17, 15) is 5.11 Å². The van der Waals surface area contributed by atoms with E-state index in [2.05, 4.69) is 0 Å². The fourth-order valence-electron chi connectivity index (χ4n) is 1.51. The number of halogens is 1. The summed E-state index contributed by atoms with van der Waals surface area (Å²) < 4.78 is 0. The molecule has 0 fully saturated rings. The molecule has 2 nitrogen and oxygen atoms in total. The second-order valence-electron chi connectivity index (χ2n) is 3.89. The Morgan fingerprint density at radius 3 is 2.67 bits per heavy atom. The van der Waals surface area contributed by atoms with Crippen molar-refractivity contribution in [3.8, 4) is 0 Å². The number of benzene rings is 1. The van der Waals surface area contributed by atoms with Crippen LogP contribution in [0.15, 0.2) is 18.2 Å². The summed E-state index contributed by atoms with van der Waals surface area (Å²) in [6.07, 6.45) is 1.15. The fraction of sp³-hybridized carbons (Fsp3) is 0.500. The van der Waals surface area contributed by atoms with Crippen molar-refractivity contribution in [3.05, 3.63) is 34.3 Å². The molecule has 0 aliphatic heterocycles. The van der Waals surface area contributed by atoms with Gasteiger partial charge in [0.15, 0.2) is 0 Å². The van der Waals surface area contributed by atoms with Crippen LogP contribution in [-0.4, -0.2) is 11.2 Å². The number of rotatable bonds is 4. The first-order valence-corrected chi connectivity index (χ1v) is 5.63. The van der Waals surface area contributed by atoms with Crippen LogP contribution in [0.25, 0.3) is 0 Å². The van der Waals surface area contributed by atoms with Crippen LogP contribution >= 0.6 is 11.6 Å². The second kappa shape index (κ2) is 5.50. The van der Waals surface area contributed by atoms with E-state index >= 15 is 0 Å². The predicted molar refractivity (Wildman–Crippen MR) is 64.0 cm³/mol. The quantitative estimate of drug-likeness (QED) is 0.831. The molecular weight excluding hydrogens is 210 g/mol. The average molecular weight is 228 g/mol. The summed E-state index contributed by atoms with van der Waals surface area (Å²) in [6.45, 7) is 3.97. The van der Waals surface area contributed by atoms with E-state index in [0.29, 0.717) is 11.4 Å². The molecule has 0 amide bonds. The number of hydrogen-bond acceptors (Lipinski definition) is 2. The minimum absolute atomic E-state index is 0.344. The van der Waals surface area contributed by atoms with Crippen LogP contribution in [0.2, 0.25) is 5.02 Å². The maximum absolute atomic E-state index is 9.76. The van der Waals surface area contributed by atoms with Crippen LogP contribution in [0.1, 0.15) is 36.9 Å². The van der Waals surface area contributed by atoms with E-state index in [0.717, 1.165) is 17.5 Å². The molecule has 2 atom stereocenters. The smallest absolute Gasteiger partial charge is 0.0732 e. The van der Waals surface area contributed by atoms with Crippen molar-refractivity contribution in [1.29, 1.82) is 0 Å². The standard InChI is InChI=1S/C12H18ClNO/c1-3-4-11(15)12(14)9-6-5-8(2)10(13)7-9/h5-7,11-12,15H,3-4,14H2,1-2H3/t11-,12+/m0/s1. The number of aliphatic hydroxyl groups excluding tert-OH is 1. The predicted octanol–water partition coefficient (Wildman–Crippen LogP) is 2.81. The molecule has 0 heterocycles. The van der Waals surface area contributed by atoms with Crippen molar-refractivity contribution in [1.82, 2.24) is 0 Å². The molecule has 1 rings (SSSR count). The SMILES string of the molecule is CCC[C@H](O)[C@H](N)c1ccc(C)c(Cl)c1. The number of aryl methyl sites for hydroxylation is 1. The van der Waals surface area contributed by atoms with Gasteiger partial charge in [0, 0.05) is 5.02 Å². The van der Waals surface area contributed by atoms with Gasteiger partial charge in [-0.15, -0.1) is 0 Å². The molecule has 0 aromatic heterocycles. The molecule has 0 bridgehead atoms. The molecule has 0 aliphatic carbocycles. The molecule has 0 spiro atoms. The van der Waals surface area contributed by atoms with Crippen molar-refractivity contribution in [3.63, 3.8) is 0 Å². The molecule has 0 saturated carbocycles. The van der Waals surface area contributed by atoms with Crippen LogP contribution in [0.3, 0.4) is 0 Å². The molecule has 1 aromatic rings. The highest BCUT2D eigenvalue weighted by atomic mass is 35.5. The lowest BCUT2D eigenvalue weighted by Gasteiger charge is -2.19. The van der Waals surface area contributed by atoms with Crippen molar-refractivity contribution in [2.75, 3.05) is 0 Å². The van der Waals surface area contributed by atoms with Crippen LogP contribution < -0.4 is 5.73 Å². The molecule has 0 radical (unpaired) electrons. The molecule has 0 saturated heterocycles. The third-order valence-electron chi connectivity index (χ3n) is 2.58. The van der Waals surface area contributed by atoms with Crippen LogP contribution in [0, 0.1) is 6.92 Å². The first-order valence-electron chi connectivity index (χ1n) is 5.26. The largest absolute Gasteiger partial charge is 0.391 e. The minimum atomic E-state index is -0.492. The summed E-state index contributed by atoms with van der Waals surface area (Å²) >= 11 is 6.00. The van der Waals surface area contributed by atoms with Crippen LogP contribution in [0.4, 0.5) is 0 Å². The molecule has 3 N–H and O–H groups in total. The molecular formula is C12H18ClNO. The Labute approximate surface area is 96.1 Å². The zero-order chi connectivity index (χ0) is 11.4. The van der Waals surface area contributed by atoms with Gasteiger partial charge in [0.05, 0.1) is 12.1 Å². The van der Waals surface area contributed by atoms with Gasteiger partial charge >= 0.3 is 0 Å². The monoisotopic (exact) mass is 227 g/mol. The Balaban J connectivity index is 2.81. The number of nitrogens with two attached hydrogens (primary N) is 1. The van der Waals surface area contributed by atoms with E-state index in [1.54, 1.807) is 0 Å². The molecule has 84 valence electrons. The average Bonchev–Trinajstić information content (AvgIpc) is 2.21. The van der Waals surface area contributed by atoms with Gasteiger partial charge in [-0.1, -0.05) is 37.1 Å². The maximum atomic E-state index is 9.76. The first kappa shape index (κ1) is 12.5. The topological polar surface area (TPSA) is 46.2 Å². The number of hydrogen-bond donors (Lipinski definition) is 2. The van der Waals surface area contributed by atoms with Gasteiger partial charge in [0.25, 0.3) is 0 Å². The highest BCUT2D eigenvalue weighted by Crippen LogP contribution is 2.23. The third-order valence-corrected chi connectivity index (χ3v) is 2.99. The van der Waals surface area contributed by atoms with E-state index in [4.69, 9.17) is 17.3 Å². The van der Waals surface area contributed by atoms with Gasteiger partial charge in [0.1, 0.15) is 0 Å². The van der Waals surface area contributed by atoms with Gasteiger partial charge in [-0.25, -0.2) is 0 Å². The second-order valence-corrected chi connectivity index (χ2v) is 4.30. The number of aliphatic hydroxyl groups is 1. The van der Waals surface area contributed by atoms with Crippen molar-refractivity contribution in [2.45, 2.75) is 38.8 Å². The van der Waals surface area contributed by atoms with E-state index in [1.807, 2.05) is 32.0 Å². The fourth-order valence-corrected chi connectivity index (χ4v) is 1.70. The molecule has 0 aliphatic rings. The Bertz CT molecular complexity index is 327. The van der Waals surface area contributed by atoms with E-state index in [1.165, 1.54) is 0 Å². The van der Waals surface area contributed by atoms with E-state index in [-0.39, 0.29) is 6.04 Å². The van der Waals surface area contributed by atoms with Crippen molar-refractivity contribution < 1.29 is 5.11 Å². The highest BCUT2D eigenvalue weighted by Gasteiger charge is 2.16. The van der Waals surface area contributed by atoms with E-state index < -0.39 is 6.10 Å². The van der Waals surface area contributed by atoms with Crippen LogP contribution in [0.5, 0.6) is 0 Å². The molecule has 3 heteroatoms. The Kier molecular flexibility index (Phi) is 4.58. The lowest BCUT2D eigenvalue weighted by atomic mass is 9.98. The van der Waals surface area contributed by atoms with Crippen molar-refractivity contribution in [2.24, 2.45) is 5.73 Å². The third kappa shape index (κ3) is 3.20. The van der Waals surface area contributed by atoms with Gasteiger partial charge in [-0.05, 0) is 30.5 Å². The summed E-state index contributed by atoms with van der Waals surface area (Å²) in [7, 11) is 0. The Hall–Kier alpha value is -0.570. The molecule has 15 heavy (non-hydrogen) atoms. The maximum Gasteiger partial charge on any atom is 0.0732 e. The van der Waals surface area contributed by atoms with Gasteiger partial charge in [-0.2, -0.15) is 0 Å². The summed E-state index contributed by atoms with van der Waals surface area (Å²) in [4.78, 5) is 0. The lowest BCUT2D eigenvalue weighted by molar-refractivity contribution is 0.134. The normalized spacial score (nSPS) is 15.0. The summed E-state index contributed by atoms with van der Waals surface area (Å²) in [5.74, 6) is 0. The van der Waals surface area contributed by atoms with Crippen molar-refractivity contribution >= 4 is 11.6 Å². The minimum Gasteiger partial charge on any atom is -0.391 e. The summed E-state index contributed by atoms with van der Waals surface area (Å²) in [5, 5.41) is 10.5. The zero-order valence-corrected chi connectivity index (χ0v) is 9.96. The van der Waals surface area contributed by atoms with Gasteiger partial charge < -0.3 is 10.8 Å². The highest BCUT2D eigenvalue weighted by molar-refractivity contribution is 6.31. The zero-order valence-electron chi connectivity index (χ0n) is 9.20. The Morgan fingerprint density at radius 1 is 1.47 bits per heavy atom. The van der Waals surface area contributed by atoms with Crippen LogP contribution in [-0.2, 0) is 0 Å². The lowest BCUT2D eigenvalue weighted by Crippen LogP contribution is -2.25. The Morgan fingerprint density at radius 2 is 2.13 bits per heavy atom. The van der Waals surface area contributed by atoms with Gasteiger partial charge in [0.2, 0.25) is 0 Å². The summed E-state index contributed by atoms with van der Waals surface area (Å²) in [6, 6.07) is 5.34. The molecule has 1 aromatic carbocycles. The van der Waals surface area contributed by atoms with Gasteiger partial charge in [-0.3, -0.25) is 0 Å².